The third-order valence-electron chi connectivity index (χ3n) is 1.47. The zero-order valence-corrected chi connectivity index (χ0v) is 7.95. The molecule has 0 fully saturated rings. The second-order valence-corrected chi connectivity index (χ2v) is 3.67. The highest BCUT2D eigenvalue weighted by Crippen LogP contribution is 2.18. The van der Waals surface area contributed by atoms with Crippen molar-refractivity contribution >= 4 is 11.8 Å². The van der Waals surface area contributed by atoms with Crippen LogP contribution in [0.2, 0.25) is 0 Å². The Morgan fingerprint density at radius 3 is 2.50 bits per heavy atom. The first kappa shape index (κ1) is 9.22. The van der Waals surface area contributed by atoms with Crippen LogP contribution in [0.5, 0.6) is 0 Å². The van der Waals surface area contributed by atoms with E-state index < -0.39 is 0 Å². The fourth-order valence-electron chi connectivity index (χ4n) is 0.854. The predicted octanol–water partition coefficient (Wildman–Crippen LogP) is 3.13. The molecule has 0 nitrogen and oxygen atoms in total. The molecule has 0 aliphatic heterocycles. The summed E-state index contributed by atoms with van der Waals surface area (Å²) in [5.41, 5.74) is 0.843. The van der Waals surface area contributed by atoms with Crippen molar-refractivity contribution in [2.75, 3.05) is 5.75 Å². The molecule has 0 aliphatic carbocycles. The lowest BCUT2D eigenvalue weighted by Crippen LogP contribution is -1.77. The van der Waals surface area contributed by atoms with Crippen molar-refractivity contribution in [1.29, 1.82) is 0 Å². The van der Waals surface area contributed by atoms with Crippen LogP contribution in [-0.2, 0) is 0 Å². The summed E-state index contributed by atoms with van der Waals surface area (Å²) in [7, 11) is 0. The molecule has 0 saturated heterocycles. The Morgan fingerprint density at radius 1 is 1.33 bits per heavy atom. The van der Waals surface area contributed by atoms with Crippen LogP contribution < -0.4 is 0 Å². The maximum absolute atomic E-state index is 6.90. The molecule has 0 heterocycles. The van der Waals surface area contributed by atoms with E-state index >= 15 is 0 Å². The molecule has 0 spiro atoms. The van der Waals surface area contributed by atoms with Crippen LogP contribution >= 0.6 is 11.8 Å². The van der Waals surface area contributed by atoms with Gasteiger partial charge in [-0.15, -0.1) is 11.8 Å². The molecule has 0 aliphatic rings. The van der Waals surface area contributed by atoms with Gasteiger partial charge in [-0.3, -0.25) is 0 Å². The van der Waals surface area contributed by atoms with E-state index in [4.69, 9.17) is 6.42 Å². The molecule has 0 atom stereocenters. The summed E-state index contributed by atoms with van der Waals surface area (Å²) in [5.74, 6) is 3.51. The molecule has 1 aromatic rings. The molecule has 1 aromatic carbocycles. The second-order valence-electron chi connectivity index (χ2n) is 2.50. The van der Waals surface area contributed by atoms with Gasteiger partial charge >= 0.3 is 0 Å². The Bertz CT molecular complexity index is 266. The van der Waals surface area contributed by atoms with Crippen LogP contribution in [-0.4, -0.2) is 5.75 Å². The highest BCUT2D eigenvalue weighted by molar-refractivity contribution is 7.99. The summed E-state index contributed by atoms with van der Waals surface area (Å²) in [6, 6.07) is 7.92. The van der Waals surface area contributed by atoms with Gasteiger partial charge in [-0.2, -0.15) is 0 Å². The monoisotopic (exact) mass is 175 g/mol. The van der Waals surface area contributed by atoms with Gasteiger partial charge in [0.1, 0.15) is 0 Å². The molecule has 0 bridgehead atoms. The first-order valence-electron chi connectivity index (χ1n) is 4.02. The Hall–Kier alpha value is -0.870. The molecule has 1 rings (SSSR count). The summed E-state index contributed by atoms with van der Waals surface area (Å²) in [6.45, 7) is 2.17. The highest BCUT2D eigenvalue weighted by Gasteiger charge is 1.91. The van der Waals surface area contributed by atoms with E-state index in [1.807, 2.05) is 36.0 Å². The van der Waals surface area contributed by atoms with E-state index in [2.05, 4.69) is 12.8 Å². The van der Waals surface area contributed by atoms with E-state index in [0.717, 1.165) is 11.3 Å². The van der Waals surface area contributed by atoms with Crippen molar-refractivity contribution in [3.05, 3.63) is 36.3 Å². The lowest BCUT2D eigenvalue weighted by Gasteiger charge is -1.98. The molecule has 0 aromatic heterocycles. The maximum atomic E-state index is 6.90. The molecular formula is C11H11S. The zero-order valence-electron chi connectivity index (χ0n) is 7.13. The van der Waals surface area contributed by atoms with Crippen molar-refractivity contribution in [3.8, 4) is 5.92 Å². The van der Waals surface area contributed by atoms with Crippen LogP contribution in [0.3, 0.4) is 0 Å². The lowest BCUT2D eigenvalue weighted by molar-refractivity contribution is 1.10. The summed E-state index contributed by atoms with van der Waals surface area (Å²) < 4.78 is 0. The summed E-state index contributed by atoms with van der Waals surface area (Å²) in [6.07, 6.45) is 8.09. The largest absolute Gasteiger partial charge is 0.126 e. The molecule has 12 heavy (non-hydrogen) atoms. The van der Waals surface area contributed by atoms with Crippen LogP contribution in [0, 0.1) is 12.3 Å². The van der Waals surface area contributed by atoms with Gasteiger partial charge in [0.2, 0.25) is 0 Å². The Balaban J connectivity index is 2.60. The minimum absolute atomic E-state index is 0.843. The fourth-order valence-corrected chi connectivity index (χ4v) is 1.62. The molecule has 0 N–H and O–H groups in total. The van der Waals surface area contributed by atoms with Crippen LogP contribution in [0.15, 0.2) is 29.2 Å². The van der Waals surface area contributed by atoms with Gasteiger partial charge in [0.05, 0.1) is 0 Å². The Morgan fingerprint density at radius 2 is 2.00 bits per heavy atom. The van der Waals surface area contributed by atoms with E-state index in [1.165, 1.54) is 11.3 Å². The minimum Gasteiger partial charge on any atom is -0.126 e. The molecule has 1 heteroatoms. The maximum Gasteiger partial charge on any atom is 0.0256 e. The number of hydrogen-bond donors (Lipinski definition) is 0. The zero-order chi connectivity index (χ0) is 8.81. The normalized spacial score (nSPS) is 9.33. The fraction of sp³-hybridized carbons (Fsp3) is 0.273. The minimum atomic E-state index is 0.843. The number of benzene rings is 1. The lowest BCUT2D eigenvalue weighted by atomic mass is 10.2. The average molecular weight is 175 g/mol. The van der Waals surface area contributed by atoms with Gasteiger partial charge in [0, 0.05) is 10.5 Å². The topological polar surface area (TPSA) is 0 Å². The van der Waals surface area contributed by atoms with Gasteiger partial charge in [0.25, 0.3) is 0 Å². The van der Waals surface area contributed by atoms with E-state index in [-0.39, 0.29) is 0 Å². The van der Waals surface area contributed by atoms with Crippen LogP contribution in [0.4, 0.5) is 0 Å². The van der Waals surface area contributed by atoms with Crippen molar-refractivity contribution in [2.45, 2.75) is 18.2 Å². The SMILES string of the molecule is [C]#Cc1ccc(SCCC)cc1. The predicted molar refractivity (Wildman–Crippen MR) is 53.7 cm³/mol. The average Bonchev–Trinajstić information content (AvgIpc) is 2.15. The van der Waals surface area contributed by atoms with Crippen molar-refractivity contribution in [2.24, 2.45) is 0 Å². The van der Waals surface area contributed by atoms with Crippen LogP contribution in [0.1, 0.15) is 18.9 Å². The summed E-state index contributed by atoms with van der Waals surface area (Å²) >= 11 is 1.85. The highest BCUT2D eigenvalue weighted by atomic mass is 32.2. The van der Waals surface area contributed by atoms with Crippen molar-refractivity contribution < 1.29 is 0 Å². The van der Waals surface area contributed by atoms with Gasteiger partial charge in [-0.05, 0) is 42.9 Å². The van der Waals surface area contributed by atoms with Gasteiger partial charge < -0.3 is 0 Å². The molecular weight excluding hydrogens is 164 g/mol. The number of rotatable bonds is 3. The third-order valence-corrected chi connectivity index (χ3v) is 2.69. The second kappa shape index (κ2) is 4.90. The van der Waals surface area contributed by atoms with Gasteiger partial charge in [-0.25, -0.2) is 0 Å². The van der Waals surface area contributed by atoms with E-state index in [0.29, 0.717) is 0 Å². The molecule has 0 unspecified atom stereocenters. The van der Waals surface area contributed by atoms with E-state index in [9.17, 15) is 0 Å². The van der Waals surface area contributed by atoms with Crippen LogP contribution in [0.25, 0.3) is 0 Å². The quantitative estimate of drug-likeness (QED) is 0.502. The molecule has 0 saturated carbocycles. The number of hydrogen-bond acceptors (Lipinski definition) is 1. The van der Waals surface area contributed by atoms with Gasteiger partial charge in [0.15, 0.2) is 0 Å². The smallest absolute Gasteiger partial charge is 0.0256 e. The number of thioether (sulfide) groups is 1. The molecule has 61 valence electrons. The van der Waals surface area contributed by atoms with Crippen molar-refractivity contribution in [1.82, 2.24) is 0 Å². The summed E-state index contributed by atoms with van der Waals surface area (Å²) in [5, 5.41) is 0. The van der Waals surface area contributed by atoms with Crippen molar-refractivity contribution in [3.63, 3.8) is 0 Å². The molecule has 1 radical (unpaired) electrons. The van der Waals surface area contributed by atoms with Gasteiger partial charge in [-0.1, -0.05) is 12.8 Å². The third kappa shape index (κ3) is 2.64. The first-order valence-corrected chi connectivity index (χ1v) is 5.01. The van der Waals surface area contributed by atoms with E-state index in [1.54, 1.807) is 0 Å². The Labute approximate surface area is 78.4 Å². The first-order chi connectivity index (χ1) is 5.86. The summed E-state index contributed by atoms with van der Waals surface area (Å²) in [4.78, 5) is 1.27. The Kier molecular flexibility index (Phi) is 3.76. The standard InChI is InChI=1S/C11H11S/c1-3-9-12-11-7-5-10(4-2)6-8-11/h5-8H,3,9H2,1H3. The molecule has 0 amide bonds.